The molecule has 6 nitrogen and oxygen atoms in total. The number of nitriles is 1. The molecule has 1 aromatic heterocycles. The number of Topliss-reactive ketones (excluding diaryl/α,β-unsaturated/α-hetero) is 1. The van der Waals surface area contributed by atoms with Crippen LogP contribution in [-0.2, 0) is 23.9 Å². The van der Waals surface area contributed by atoms with Crippen LogP contribution in [0.1, 0.15) is 34.5 Å². The van der Waals surface area contributed by atoms with E-state index < -0.39 is 11.5 Å². The molecule has 122 valence electrons. The summed E-state index contributed by atoms with van der Waals surface area (Å²) in [5.74, 6) is -1.37. The number of hydrogen-bond donors (Lipinski definition) is 2. The van der Waals surface area contributed by atoms with Gasteiger partial charge in [-0.25, -0.2) is 0 Å². The van der Waals surface area contributed by atoms with Gasteiger partial charge in [0, 0.05) is 30.3 Å². The Morgan fingerprint density at radius 1 is 1.33 bits per heavy atom. The molecule has 0 aliphatic heterocycles. The Balaban J connectivity index is 2.45. The second-order valence-corrected chi connectivity index (χ2v) is 5.93. The topological polar surface area (TPSA) is 109 Å². The van der Waals surface area contributed by atoms with Crippen molar-refractivity contribution in [2.75, 3.05) is 0 Å². The smallest absolute Gasteiger partial charge is 0.269 e. The van der Waals surface area contributed by atoms with Crippen molar-refractivity contribution in [3.63, 3.8) is 0 Å². The van der Waals surface area contributed by atoms with Crippen molar-refractivity contribution >= 4 is 11.7 Å². The number of amides is 1. The zero-order valence-corrected chi connectivity index (χ0v) is 13.2. The number of carbonyl (C=O) groups is 2. The summed E-state index contributed by atoms with van der Waals surface area (Å²) >= 11 is 0. The van der Waals surface area contributed by atoms with Crippen molar-refractivity contribution in [2.45, 2.75) is 24.9 Å². The standard InChI is InChI=1S/C18H17N3O3/c1-21-12-8-5-9-13(22)14(12)15(18(24,10-19)17(20)23)16(21)11-6-3-2-4-7-11/h2-4,6-7,24H,5,8-9H2,1H3,(H2,20,23). The summed E-state index contributed by atoms with van der Waals surface area (Å²) in [6.07, 6.45) is 1.65. The van der Waals surface area contributed by atoms with Crippen LogP contribution in [-0.4, -0.2) is 21.4 Å². The molecular weight excluding hydrogens is 306 g/mol. The van der Waals surface area contributed by atoms with Crippen LogP contribution in [0.2, 0.25) is 0 Å². The first-order chi connectivity index (χ1) is 11.4. The lowest BCUT2D eigenvalue weighted by molar-refractivity contribution is -0.131. The molecule has 0 radical (unpaired) electrons. The number of aliphatic hydroxyl groups is 1. The molecule has 0 bridgehead atoms. The molecule has 3 N–H and O–H groups in total. The van der Waals surface area contributed by atoms with E-state index in [1.807, 2.05) is 18.2 Å². The zero-order valence-electron chi connectivity index (χ0n) is 13.2. The molecule has 2 aromatic rings. The van der Waals surface area contributed by atoms with Gasteiger partial charge in [-0.15, -0.1) is 0 Å². The quantitative estimate of drug-likeness (QED) is 0.832. The number of carbonyl (C=O) groups excluding carboxylic acids is 2. The largest absolute Gasteiger partial charge is 0.366 e. The van der Waals surface area contributed by atoms with Crippen LogP contribution >= 0.6 is 0 Å². The number of aromatic nitrogens is 1. The lowest BCUT2D eigenvalue weighted by atomic mass is 9.84. The Morgan fingerprint density at radius 3 is 2.58 bits per heavy atom. The third-order valence-corrected chi connectivity index (χ3v) is 4.54. The number of fused-ring (bicyclic) bond motifs is 1. The minimum Gasteiger partial charge on any atom is -0.366 e. The predicted octanol–water partition coefficient (Wildman–Crippen LogP) is 1.41. The van der Waals surface area contributed by atoms with Crippen LogP contribution in [0, 0.1) is 11.3 Å². The number of benzene rings is 1. The van der Waals surface area contributed by atoms with E-state index in [0.29, 0.717) is 30.5 Å². The molecule has 24 heavy (non-hydrogen) atoms. The highest BCUT2D eigenvalue weighted by Crippen LogP contribution is 2.40. The lowest BCUT2D eigenvalue weighted by Crippen LogP contribution is -2.41. The van der Waals surface area contributed by atoms with Crippen LogP contribution in [0.3, 0.4) is 0 Å². The first-order valence-electron chi connectivity index (χ1n) is 7.66. The summed E-state index contributed by atoms with van der Waals surface area (Å²) in [5.41, 5.74) is 4.91. The van der Waals surface area contributed by atoms with Gasteiger partial charge in [0.25, 0.3) is 11.5 Å². The average Bonchev–Trinajstić information content (AvgIpc) is 2.89. The van der Waals surface area contributed by atoms with Crippen molar-refractivity contribution in [3.05, 3.63) is 47.2 Å². The fraction of sp³-hybridized carbons (Fsp3) is 0.278. The minimum atomic E-state index is -2.55. The highest BCUT2D eigenvalue weighted by atomic mass is 16.3. The molecule has 1 aromatic carbocycles. The van der Waals surface area contributed by atoms with Crippen molar-refractivity contribution in [1.29, 1.82) is 5.26 Å². The number of rotatable bonds is 3. The van der Waals surface area contributed by atoms with Crippen LogP contribution in [0.25, 0.3) is 11.3 Å². The van der Waals surface area contributed by atoms with Gasteiger partial charge in [0.1, 0.15) is 6.07 Å². The van der Waals surface area contributed by atoms with E-state index in [-0.39, 0.29) is 16.9 Å². The van der Waals surface area contributed by atoms with E-state index in [0.717, 1.165) is 5.69 Å². The fourth-order valence-corrected chi connectivity index (χ4v) is 3.39. The van der Waals surface area contributed by atoms with Crippen LogP contribution < -0.4 is 5.73 Å². The molecule has 1 amide bonds. The van der Waals surface area contributed by atoms with Gasteiger partial charge in [-0.05, 0) is 18.4 Å². The van der Waals surface area contributed by atoms with Gasteiger partial charge in [-0.3, -0.25) is 9.59 Å². The average molecular weight is 323 g/mol. The summed E-state index contributed by atoms with van der Waals surface area (Å²) < 4.78 is 1.78. The highest BCUT2D eigenvalue weighted by Gasteiger charge is 2.45. The fourth-order valence-electron chi connectivity index (χ4n) is 3.39. The van der Waals surface area contributed by atoms with Gasteiger partial charge < -0.3 is 15.4 Å². The van der Waals surface area contributed by atoms with Gasteiger partial charge >= 0.3 is 0 Å². The van der Waals surface area contributed by atoms with E-state index in [9.17, 15) is 20.0 Å². The van der Waals surface area contributed by atoms with Crippen LogP contribution in [0.15, 0.2) is 30.3 Å². The Labute approximate surface area is 139 Å². The molecule has 0 saturated carbocycles. The monoisotopic (exact) mass is 323 g/mol. The maximum atomic E-state index is 12.5. The van der Waals surface area contributed by atoms with Crippen molar-refractivity contribution < 1.29 is 14.7 Å². The van der Waals surface area contributed by atoms with E-state index >= 15 is 0 Å². The summed E-state index contributed by atoms with van der Waals surface area (Å²) in [5, 5.41) is 20.2. The molecule has 1 aliphatic carbocycles. The maximum absolute atomic E-state index is 12.5. The van der Waals surface area contributed by atoms with Crippen molar-refractivity contribution in [1.82, 2.24) is 4.57 Å². The van der Waals surface area contributed by atoms with Crippen LogP contribution in [0.5, 0.6) is 0 Å². The molecule has 6 heteroatoms. The highest BCUT2D eigenvalue weighted by molar-refractivity contribution is 6.05. The number of ketones is 1. The number of hydrogen-bond acceptors (Lipinski definition) is 4. The first kappa shape index (κ1) is 16.0. The Morgan fingerprint density at radius 2 is 2.00 bits per heavy atom. The molecule has 0 spiro atoms. The molecule has 0 saturated heterocycles. The lowest BCUT2D eigenvalue weighted by Gasteiger charge is -2.20. The third kappa shape index (κ3) is 2.14. The summed E-state index contributed by atoms with van der Waals surface area (Å²) in [7, 11) is 1.77. The second-order valence-electron chi connectivity index (χ2n) is 5.93. The van der Waals surface area contributed by atoms with E-state index in [2.05, 4.69) is 0 Å². The van der Waals surface area contributed by atoms with E-state index in [4.69, 9.17) is 5.73 Å². The zero-order chi connectivity index (χ0) is 17.5. The van der Waals surface area contributed by atoms with Gasteiger partial charge in [-0.1, -0.05) is 30.3 Å². The number of primary amides is 1. The number of nitrogens with zero attached hydrogens (tertiary/aromatic N) is 2. The molecule has 0 fully saturated rings. The van der Waals surface area contributed by atoms with Gasteiger partial charge in [0.05, 0.1) is 5.69 Å². The second kappa shape index (κ2) is 5.62. The van der Waals surface area contributed by atoms with E-state index in [1.54, 1.807) is 29.8 Å². The van der Waals surface area contributed by atoms with Crippen LogP contribution in [0.4, 0.5) is 0 Å². The Kier molecular flexibility index (Phi) is 3.74. The minimum absolute atomic E-state index is 0.00546. The first-order valence-corrected chi connectivity index (χ1v) is 7.66. The summed E-state index contributed by atoms with van der Waals surface area (Å²) in [6, 6.07) is 10.7. The van der Waals surface area contributed by atoms with E-state index in [1.165, 1.54) is 0 Å². The third-order valence-electron chi connectivity index (χ3n) is 4.54. The summed E-state index contributed by atoms with van der Waals surface area (Å²) in [6.45, 7) is 0. The van der Waals surface area contributed by atoms with Gasteiger partial charge in [-0.2, -0.15) is 5.26 Å². The Bertz CT molecular complexity index is 877. The molecule has 3 rings (SSSR count). The van der Waals surface area contributed by atoms with Crippen molar-refractivity contribution in [3.8, 4) is 17.3 Å². The number of nitrogens with two attached hydrogens (primary N) is 1. The normalized spacial score (nSPS) is 16.1. The SMILES string of the molecule is Cn1c2c(c(C(O)(C#N)C(N)=O)c1-c1ccccc1)C(=O)CCC2. The van der Waals surface area contributed by atoms with Crippen molar-refractivity contribution in [2.24, 2.45) is 12.8 Å². The molecular formula is C18H17N3O3. The molecule has 1 atom stereocenters. The molecule has 1 aliphatic rings. The molecule has 1 heterocycles. The maximum Gasteiger partial charge on any atom is 0.269 e. The summed E-state index contributed by atoms with van der Waals surface area (Å²) in [4.78, 5) is 24.4. The predicted molar refractivity (Wildman–Crippen MR) is 86.8 cm³/mol. The van der Waals surface area contributed by atoms with Gasteiger partial charge in [0.15, 0.2) is 5.78 Å². The molecule has 1 unspecified atom stereocenters. The van der Waals surface area contributed by atoms with Gasteiger partial charge in [0.2, 0.25) is 0 Å². The Hall–Kier alpha value is -2.91.